The topological polar surface area (TPSA) is 53.2 Å². The van der Waals surface area contributed by atoms with Crippen LogP contribution in [-0.4, -0.2) is 17.8 Å². The van der Waals surface area contributed by atoms with Crippen LogP contribution in [0, 0.1) is 16.7 Å². The van der Waals surface area contributed by atoms with Gasteiger partial charge >= 0.3 is 0 Å². The summed E-state index contributed by atoms with van der Waals surface area (Å²) in [7, 11) is 0. The Morgan fingerprint density at radius 1 is 1.29 bits per heavy atom. The first-order valence-electron chi connectivity index (χ1n) is 8.02. The molecule has 0 fully saturated rings. The first-order valence-corrected chi connectivity index (χ1v) is 8.02. The maximum absolute atomic E-state index is 10.5. The van der Waals surface area contributed by atoms with Gasteiger partial charge in [-0.1, -0.05) is 57.2 Å². The summed E-state index contributed by atoms with van der Waals surface area (Å²) in [5.74, 6) is 0.846. The van der Waals surface area contributed by atoms with Gasteiger partial charge in [0, 0.05) is 6.42 Å². The lowest BCUT2D eigenvalue weighted by Crippen LogP contribution is -2.43. The van der Waals surface area contributed by atoms with Gasteiger partial charge in [0.1, 0.15) is 17.8 Å². The number of benzene rings is 1. The summed E-state index contributed by atoms with van der Waals surface area (Å²) in [5.41, 5.74) is 0.231. The molecule has 2 atom stereocenters. The highest BCUT2D eigenvalue weighted by Crippen LogP contribution is 2.38. The maximum Gasteiger partial charge on any atom is 0.122 e. The second-order valence-electron chi connectivity index (χ2n) is 6.06. The van der Waals surface area contributed by atoms with Crippen molar-refractivity contribution in [3.05, 3.63) is 29.8 Å². The monoisotopic (exact) mass is 287 g/mol. The van der Waals surface area contributed by atoms with E-state index in [1.54, 1.807) is 0 Å². The van der Waals surface area contributed by atoms with Crippen molar-refractivity contribution in [2.45, 2.75) is 58.0 Å². The van der Waals surface area contributed by atoms with E-state index in [-0.39, 0.29) is 6.61 Å². The van der Waals surface area contributed by atoms with Gasteiger partial charge in [-0.2, -0.15) is 5.26 Å². The highest BCUT2D eigenvalue weighted by molar-refractivity contribution is 5.37. The van der Waals surface area contributed by atoms with Gasteiger partial charge in [-0.15, -0.1) is 0 Å². The number of nitriles is 1. The minimum atomic E-state index is -0.793. The maximum atomic E-state index is 10.5. The lowest BCUT2D eigenvalue weighted by Gasteiger charge is -2.36. The van der Waals surface area contributed by atoms with Gasteiger partial charge in [0.05, 0.1) is 12.2 Å². The van der Waals surface area contributed by atoms with Crippen molar-refractivity contribution in [3.63, 3.8) is 0 Å². The quantitative estimate of drug-likeness (QED) is 0.775. The molecule has 0 spiro atoms. The Balaban J connectivity index is 1.94. The van der Waals surface area contributed by atoms with Crippen molar-refractivity contribution in [2.75, 3.05) is 6.61 Å². The number of fused-ring (bicyclic) bond motifs is 1. The van der Waals surface area contributed by atoms with Crippen LogP contribution >= 0.6 is 0 Å². The van der Waals surface area contributed by atoms with E-state index in [0.717, 1.165) is 24.2 Å². The summed E-state index contributed by atoms with van der Waals surface area (Å²) in [5, 5.41) is 20.1. The van der Waals surface area contributed by atoms with Crippen molar-refractivity contribution < 1.29 is 9.84 Å². The number of unbranched alkanes of at least 4 members (excludes halogenated alkanes) is 4. The Hall–Kier alpha value is -1.53. The standard InChI is InChI=1S/C18H25NO2/c1-2-3-4-5-6-11-17(20)18(13-19)12-15-9-7-8-10-16(15)21-14-18/h7-10,17,20H,2-6,11-12,14H2,1H3. The van der Waals surface area contributed by atoms with Crippen LogP contribution in [-0.2, 0) is 6.42 Å². The van der Waals surface area contributed by atoms with E-state index in [1.807, 2.05) is 24.3 Å². The highest BCUT2D eigenvalue weighted by Gasteiger charge is 2.42. The molecule has 0 saturated heterocycles. The molecule has 0 aromatic heterocycles. The predicted octanol–water partition coefficient (Wildman–Crippen LogP) is 3.85. The zero-order valence-corrected chi connectivity index (χ0v) is 12.8. The second-order valence-corrected chi connectivity index (χ2v) is 6.06. The van der Waals surface area contributed by atoms with Gasteiger partial charge in [-0.05, 0) is 18.1 Å². The SMILES string of the molecule is CCCCCCCC(O)C1(C#N)COc2ccccc2C1. The smallest absolute Gasteiger partial charge is 0.122 e. The van der Waals surface area contributed by atoms with E-state index in [4.69, 9.17) is 4.74 Å². The summed E-state index contributed by atoms with van der Waals surface area (Å²) in [6.07, 6.45) is 6.43. The Bertz CT molecular complexity index is 494. The third-order valence-corrected chi connectivity index (χ3v) is 4.41. The molecule has 1 N–H and O–H groups in total. The molecule has 0 saturated carbocycles. The fraction of sp³-hybridized carbons (Fsp3) is 0.611. The van der Waals surface area contributed by atoms with E-state index < -0.39 is 11.5 Å². The second kappa shape index (κ2) is 7.47. The van der Waals surface area contributed by atoms with Crippen LogP contribution in [0.5, 0.6) is 5.75 Å². The summed E-state index contributed by atoms with van der Waals surface area (Å²) < 4.78 is 5.71. The first-order chi connectivity index (χ1) is 10.2. The first kappa shape index (κ1) is 15.9. The Labute approximate surface area is 127 Å². The van der Waals surface area contributed by atoms with Gasteiger partial charge in [0.2, 0.25) is 0 Å². The average molecular weight is 287 g/mol. The minimum absolute atomic E-state index is 0.288. The van der Waals surface area contributed by atoms with Crippen LogP contribution in [0.1, 0.15) is 51.0 Å². The fourth-order valence-electron chi connectivity index (χ4n) is 2.97. The lowest BCUT2D eigenvalue weighted by molar-refractivity contribution is 0.0118. The number of nitrogens with zero attached hydrogens (tertiary/aromatic N) is 1. The molecule has 0 bridgehead atoms. The molecule has 114 valence electrons. The number of hydrogen-bond acceptors (Lipinski definition) is 3. The molecule has 0 radical (unpaired) electrons. The zero-order valence-electron chi connectivity index (χ0n) is 12.8. The molecular weight excluding hydrogens is 262 g/mol. The molecule has 1 heterocycles. The van der Waals surface area contributed by atoms with Crippen molar-refractivity contribution in [2.24, 2.45) is 5.41 Å². The van der Waals surface area contributed by atoms with Crippen LogP contribution in [0.15, 0.2) is 24.3 Å². The van der Waals surface area contributed by atoms with Crippen molar-refractivity contribution in [1.29, 1.82) is 5.26 Å². The van der Waals surface area contributed by atoms with Gasteiger partial charge in [-0.3, -0.25) is 0 Å². The molecule has 1 aliphatic heterocycles. The van der Waals surface area contributed by atoms with Crippen molar-refractivity contribution in [3.8, 4) is 11.8 Å². The third-order valence-electron chi connectivity index (χ3n) is 4.41. The highest BCUT2D eigenvalue weighted by atomic mass is 16.5. The van der Waals surface area contributed by atoms with Crippen LogP contribution in [0.25, 0.3) is 0 Å². The largest absolute Gasteiger partial charge is 0.492 e. The molecule has 2 unspecified atom stereocenters. The van der Waals surface area contributed by atoms with Crippen molar-refractivity contribution in [1.82, 2.24) is 0 Å². The van der Waals surface area contributed by atoms with E-state index in [9.17, 15) is 10.4 Å². The Morgan fingerprint density at radius 2 is 2.05 bits per heavy atom. The number of para-hydroxylation sites is 1. The number of rotatable bonds is 7. The summed E-state index contributed by atoms with van der Waals surface area (Å²) in [6.45, 7) is 2.48. The average Bonchev–Trinajstić information content (AvgIpc) is 2.54. The van der Waals surface area contributed by atoms with E-state index in [2.05, 4.69) is 13.0 Å². The number of ether oxygens (including phenoxy) is 1. The third kappa shape index (κ3) is 3.77. The summed E-state index contributed by atoms with van der Waals surface area (Å²) >= 11 is 0. The molecule has 3 nitrogen and oxygen atoms in total. The van der Waals surface area contributed by atoms with Crippen LogP contribution < -0.4 is 4.74 Å². The van der Waals surface area contributed by atoms with Crippen LogP contribution in [0.3, 0.4) is 0 Å². The molecule has 3 heteroatoms. The van der Waals surface area contributed by atoms with Gasteiger partial charge in [-0.25, -0.2) is 0 Å². The van der Waals surface area contributed by atoms with Crippen molar-refractivity contribution >= 4 is 0 Å². The summed E-state index contributed by atoms with van der Waals surface area (Å²) in [4.78, 5) is 0. The van der Waals surface area contributed by atoms with Gasteiger partial charge in [0.15, 0.2) is 0 Å². The summed E-state index contributed by atoms with van der Waals surface area (Å²) in [6, 6.07) is 10.1. The van der Waals surface area contributed by atoms with Crippen LogP contribution in [0.4, 0.5) is 0 Å². The Morgan fingerprint density at radius 3 is 2.81 bits per heavy atom. The Kier molecular flexibility index (Phi) is 5.64. The molecule has 2 rings (SSSR count). The molecule has 0 aliphatic carbocycles. The molecule has 0 amide bonds. The number of aliphatic hydroxyl groups excluding tert-OH is 1. The van der Waals surface area contributed by atoms with Crippen LogP contribution in [0.2, 0.25) is 0 Å². The molecule has 1 aromatic rings. The molecule has 21 heavy (non-hydrogen) atoms. The molecule has 1 aromatic carbocycles. The molecule has 1 aliphatic rings. The zero-order chi connectivity index (χ0) is 15.1. The lowest BCUT2D eigenvalue weighted by atomic mass is 9.75. The van der Waals surface area contributed by atoms with E-state index in [0.29, 0.717) is 12.8 Å². The van der Waals surface area contributed by atoms with E-state index >= 15 is 0 Å². The fourth-order valence-corrected chi connectivity index (χ4v) is 2.97. The predicted molar refractivity (Wildman–Crippen MR) is 83.1 cm³/mol. The normalized spacial score (nSPS) is 22.0. The van der Waals surface area contributed by atoms with Gasteiger partial charge in [0.25, 0.3) is 0 Å². The number of hydrogen-bond donors (Lipinski definition) is 1. The van der Waals surface area contributed by atoms with E-state index in [1.165, 1.54) is 19.3 Å². The van der Waals surface area contributed by atoms with Gasteiger partial charge < -0.3 is 9.84 Å². The minimum Gasteiger partial charge on any atom is -0.492 e. The molecular formula is C18H25NO2. The number of aliphatic hydroxyl groups is 1.